The molecule has 0 atom stereocenters. The predicted octanol–water partition coefficient (Wildman–Crippen LogP) is 1.14. The number of fused-ring (bicyclic) bond motifs is 1. The van der Waals surface area contributed by atoms with E-state index < -0.39 is 18.5 Å². The SMILES string of the molecule is CN(CCCCCO)/[N+]([O-])=N\OCN1C(=O)c2ccccc2C1=O. The Balaban J connectivity index is 1.83. The quantitative estimate of drug-likeness (QED) is 0.238. The van der Waals surface area contributed by atoms with Crippen LogP contribution in [0.5, 0.6) is 0 Å². The van der Waals surface area contributed by atoms with E-state index in [2.05, 4.69) is 5.28 Å². The van der Waals surface area contributed by atoms with Crippen LogP contribution < -0.4 is 0 Å². The van der Waals surface area contributed by atoms with E-state index in [0.29, 0.717) is 24.1 Å². The van der Waals surface area contributed by atoms with Crippen LogP contribution in [0, 0.1) is 5.21 Å². The molecule has 1 aliphatic heterocycles. The van der Waals surface area contributed by atoms with Crippen molar-refractivity contribution in [2.24, 2.45) is 5.28 Å². The summed E-state index contributed by atoms with van der Waals surface area (Å²) in [5, 5.41) is 25.0. The Morgan fingerprint density at radius 1 is 1.21 bits per heavy atom. The molecule has 24 heavy (non-hydrogen) atoms. The summed E-state index contributed by atoms with van der Waals surface area (Å²) in [5.41, 5.74) is 0.622. The van der Waals surface area contributed by atoms with Crippen LogP contribution in [0.25, 0.3) is 0 Å². The molecule has 130 valence electrons. The maximum absolute atomic E-state index is 12.1. The van der Waals surface area contributed by atoms with Gasteiger partial charge < -0.3 is 15.2 Å². The van der Waals surface area contributed by atoms with Crippen molar-refractivity contribution in [3.63, 3.8) is 0 Å². The summed E-state index contributed by atoms with van der Waals surface area (Å²) in [5.74, 6) is -0.943. The largest absolute Gasteiger partial charge is 0.569 e. The van der Waals surface area contributed by atoms with Gasteiger partial charge in [-0.2, -0.15) is 0 Å². The highest BCUT2D eigenvalue weighted by Gasteiger charge is 2.35. The number of nitrogens with zero attached hydrogens (tertiary/aromatic N) is 4. The molecule has 0 aromatic heterocycles. The van der Waals surface area contributed by atoms with Gasteiger partial charge in [0.1, 0.15) is 0 Å². The molecule has 2 amide bonds. The summed E-state index contributed by atoms with van der Waals surface area (Å²) < 4.78 is 0. The van der Waals surface area contributed by atoms with Crippen LogP contribution in [0.3, 0.4) is 0 Å². The normalized spacial score (nSPS) is 14.1. The fourth-order valence-electron chi connectivity index (χ4n) is 2.27. The van der Waals surface area contributed by atoms with Gasteiger partial charge in [0.15, 0.2) is 0 Å². The molecule has 9 heteroatoms. The molecule has 0 saturated heterocycles. The molecule has 1 aromatic rings. The highest BCUT2D eigenvalue weighted by atomic mass is 16.7. The van der Waals surface area contributed by atoms with Crippen LogP contribution in [-0.2, 0) is 4.84 Å². The topological polar surface area (TPSA) is 109 Å². The molecule has 0 unspecified atom stereocenters. The molecule has 0 spiro atoms. The van der Waals surface area contributed by atoms with Crippen molar-refractivity contribution in [3.8, 4) is 0 Å². The number of carbonyl (C=O) groups is 2. The van der Waals surface area contributed by atoms with E-state index in [0.717, 1.165) is 17.7 Å². The summed E-state index contributed by atoms with van der Waals surface area (Å²) in [7, 11) is 1.54. The Bertz CT molecular complexity index is 599. The van der Waals surface area contributed by atoms with Gasteiger partial charge in [0.2, 0.25) is 12.0 Å². The van der Waals surface area contributed by atoms with Crippen molar-refractivity contribution >= 4 is 11.8 Å². The third kappa shape index (κ3) is 3.99. The fraction of sp³-hybridized carbons (Fsp3) is 0.467. The van der Waals surface area contributed by atoms with Gasteiger partial charge in [-0.3, -0.25) is 9.59 Å². The number of aliphatic hydroxyl groups is 1. The van der Waals surface area contributed by atoms with Crippen LogP contribution in [0.2, 0.25) is 0 Å². The number of carbonyl (C=O) groups excluding carboxylic acids is 2. The summed E-state index contributed by atoms with van der Waals surface area (Å²) in [4.78, 5) is 30.2. The number of benzene rings is 1. The minimum absolute atomic E-state index is 0.124. The zero-order valence-electron chi connectivity index (χ0n) is 13.4. The van der Waals surface area contributed by atoms with E-state index in [1.54, 1.807) is 31.3 Å². The second kappa shape index (κ2) is 8.25. The lowest BCUT2D eigenvalue weighted by atomic mass is 10.1. The van der Waals surface area contributed by atoms with Gasteiger partial charge in [0.25, 0.3) is 11.8 Å². The molecular formula is C15H20N4O5. The average Bonchev–Trinajstić information content (AvgIpc) is 2.83. The Morgan fingerprint density at radius 3 is 2.42 bits per heavy atom. The Morgan fingerprint density at radius 2 is 1.83 bits per heavy atom. The molecule has 1 aromatic carbocycles. The van der Waals surface area contributed by atoms with Crippen LogP contribution in [0.1, 0.15) is 40.0 Å². The molecule has 1 heterocycles. The summed E-state index contributed by atoms with van der Waals surface area (Å²) >= 11 is 0. The highest BCUT2D eigenvalue weighted by Crippen LogP contribution is 2.22. The lowest BCUT2D eigenvalue weighted by Gasteiger charge is -2.14. The van der Waals surface area contributed by atoms with Gasteiger partial charge >= 0.3 is 0 Å². The van der Waals surface area contributed by atoms with Gasteiger partial charge in [-0.05, 0) is 31.4 Å². The fourth-order valence-corrected chi connectivity index (χ4v) is 2.27. The second-order valence-corrected chi connectivity index (χ2v) is 5.34. The van der Waals surface area contributed by atoms with E-state index in [9.17, 15) is 14.8 Å². The first-order chi connectivity index (χ1) is 11.6. The Kier molecular flexibility index (Phi) is 6.07. The molecule has 1 N–H and O–H groups in total. The summed E-state index contributed by atoms with van der Waals surface area (Å²) in [6.07, 6.45) is 2.20. The summed E-state index contributed by atoms with van der Waals surface area (Å²) in [6, 6.07) is 6.47. The zero-order chi connectivity index (χ0) is 17.5. The number of rotatable bonds is 9. The molecule has 0 bridgehead atoms. The number of hydrogen-bond acceptors (Lipinski definition) is 6. The van der Waals surface area contributed by atoms with E-state index >= 15 is 0 Å². The van der Waals surface area contributed by atoms with E-state index in [1.807, 2.05) is 0 Å². The lowest BCUT2D eigenvalue weighted by Crippen LogP contribution is -2.32. The Hall–Kier alpha value is -2.68. The third-order valence-corrected chi connectivity index (χ3v) is 3.62. The zero-order valence-corrected chi connectivity index (χ0v) is 13.4. The Labute approximate surface area is 139 Å². The number of unbranched alkanes of at least 4 members (excludes halogenated alkanes) is 2. The van der Waals surface area contributed by atoms with Crippen LogP contribution in [0.15, 0.2) is 29.5 Å². The monoisotopic (exact) mass is 336 g/mol. The second-order valence-electron chi connectivity index (χ2n) is 5.34. The number of hydrazine groups is 1. The molecule has 1 aliphatic rings. The smallest absolute Gasteiger partial charge is 0.264 e. The average molecular weight is 336 g/mol. The van der Waals surface area contributed by atoms with Crippen molar-refractivity contribution in [1.82, 2.24) is 9.91 Å². The summed E-state index contributed by atoms with van der Waals surface area (Å²) in [6.45, 7) is 0.144. The number of aliphatic hydroxyl groups excluding tert-OH is 1. The molecule has 0 fully saturated rings. The molecule has 0 radical (unpaired) electrons. The van der Waals surface area contributed by atoms with Crippen molar-refractivity contribution in [2.45, 2.75) is 19.3 Å². The molecule has 9 nitrogen and oxygen atoms in total. The minimum Gasteiger partial charge on any atom is -0.569 e. The maximum Gasteiger partial charge on any atom is 0.264 e. The maximum atomic E-state index is 12.1. The number of amides is 2. The third-order valence-electron chi connectivity index (χ3n) is 3.62. The predicted molar refractivity (Wildman–Crippen MR) is 82.5 cm³/mol. The van der Waals surface area contributed by atoms with Gasteiger partial charge in [-0.25, -0.2) is 4.90 Å². The van der Waals surface area contributed by atoms with Crippen molar-refractivity contribution in [3.05, 3.63) is 40.6 Å². The number of hydrogen-bond donors (Lipinski definition) is 1. The standard InChI is InChI=1S/C15H20N4O5/c1-17(9-5-2-6-10-20)19(23)16-24-11-18-14(21)12-7-3-4-8-13(12)15(18)22/h3-4,7-8,20H,2,5-6,9-11H2,1H3/b19-16+. The van der Waals surface area contributed by atoms with E-state index in [1.165, 1.54) is 5.01 Å². The number of imide groups is 1. The first kappa shape index (κ1) is 17.7. The van der Waals surface area contributed by atoms with Crippen LogP contribution >= 0.6 is 0 Å². The first-order valence-corrected chi connectivity index (χ1v) is 7.63. The minimum atomic E-state index is -0.472. The van der Waals surface area contributed by atoms with Crippen molar-refractivity contribution in [2.75, 3.05) is 26.9 Å². The van der Waals surface area contributed by atoms with E-state index in [4.69, 9.17) is 9.94 Å². The molecule has 0 saturated carbocycles. The lowest BCUT2D eigenvalue weighted by molar-refractivity contribution is -0.705. The van der Waals surface area contributed by atoms with Gasteiger partial charge in [0.05, 0.1) is 29.7 Å². The van der Waals surface area contributed by atoms with Gasteiger partial charge in [-0.1, -0.05) is 12.1 Å². The van der Waals surface area contributed by atoms with Crippen LogP contribution in [0.4, 0.5) is 0 Å². The van der Waals surface area contributed by atoms with Crippen molar-refractivity contribution in [1.29, 1.82) is 0 Å². The highest BCUT2D eigenvalue weighted by molar-refractivity contribution is 6.21. The van der Waals surface area contributed by atoms with Crippen molar-refractivity contribution < 1.29 is 24.5 Å². The first-order valence-electron chi connectivity index (χ1n) is 7.63. The van der Waals surface area contributed by atoms with E-state index in [-0.39, 0.29) is 11.6 Å². The van der Waals surface area contributed by atoms with Crippen LogP contribution in [-0.4, -0.2) is 58.7 Å². The molecular weight excluding hydrogens is 316 g/mol. The molecule has 0 aliphatic carbocycles. The molecule has 2 rings (SSSR count). The van der Waals surface area contributed by atoms with Gasteiger partial charge in [-0.15, -0.1) is 5.01 Å². The van der Waals surface area contributed by atoms with Gasteiger partial charge in [0, 0.05) is 6.61 Å².